The number of nitrogens with zero attached hydrogens (tertiary/aromatic N) is 1. The lowest BCUT2D eigenvalue weighted by Crippen LogP contribution is -2.52. The van der Waals surface area contributed by atoms with Gasteiger partial charge in [0.25, 0.3) is 0 Å². The second-order valence-corrected chi connectivity index (χ2v) is 9.28. The summed E-state index contributed by atoms with van der Waals surface area (Å²) >= 11 is 0. The first-order chi connectivity index (χ1) is 13.3. The Labute approximate surface area is 162 Å². The second kappa shape index (κ2) is 7.56. The van der Waals surface area contributed by atoms with Crippen LogP contribution < -0.4 is 5.32 Å². The molecule has 4 bridgehead atoms. The Morgan fingerprint density at radius 1 is 1.00 bits per heavy atom. The number of hydrogen-bond donors (Lipinski definition) is 1. The molecule has 1 atom stereocenters. The number of nitrogens with one attached hydrogen (secondary N) is 1. The molecular weight excluding hydrogens is 336 g/mol. The van der Waals surface area contributed by atoms with Crippen LogP contribution in [0.15, 0.2) is 30.3 Å². The van der Waals surface area contributed by atoms with Gasteiger partial charge in [-0.15, -0.1) is 0 Å². The highest BCUT2D eigenvalue weighted by Gasteiger charge is 2.50. The van der Waals surface area contributed by atoms with E-state index in [1.54, 1.807) is 0 Å². The SMILES string of the molecule is O=C(NCC(c1ccccc1)N1CCOCC1)C1C2CC3CC(C2)CC1C3. The van der Waals surface area contributed by atoms with E-state index in [1.807, 2.05) is 0 Å². The lowest BCUT2D eigenvalue weighted by atomic mass is 9.51. The van der Waals surface area contributed by atoms with Crippen molar-refractivity contribution in [2.45, 2.75) is 38.1 Å². The normalized spacial score (nSPS) is 36.5. The number of morpholine rings is 1. The summed E-state index contributed by atoms with van der Waals surface area (Å²) in [4.78, 5) is 15.7. The summed E-state index contributed by atoms with van der Waals surface area (Å²) in [5.74, 6) is 3.75. The number of ether oxygens (including phenoxy) is 1. The summed E-state index contributed by atoms with van der Waals surface area (Å²) in [5.41, 5.74) is 1.30. The van der Waals surface area contributed by atoms with Crippen molar-refractivity contribution in [3.63, 3.8) is 0 Å². The van der Waals surface area contributed by atoms with Crippen molar-refractivity contribution in [2.75, 3.05) is 32.8 Å². The smallest absolute Gasteiger partial charge is 0.223 e. The van der Waals surface area contributed by atoms with E-state index in [-0.39, 0.29) is 12.0 Å². The van der Waals surface area contributed by atoms with Gasteiger partial charge in [0.1, 0.15) is 0 Å². The van der Waals surface area contributed by atoms with Gasteiger partial charge in [0.05, 0.1) is 19.3 Å². The number of carbonyl (C=O) groups is 1. The first kappa shape index (κ1) is 17.7. The molecule has 0 spiro atoms. The standard InChI is InChI=1S/C23H32N2O2/c26-23(22-19-11-16-10-17(13-19)14-20(22)12-16)24-15-21(18-4-2-1-3-5-18)25-6-8-27-9-7-25/h1-5,16-17,19-22H,6-15H2,(H,24,26). The summed E-state index contributed by atoms with van der Waals surface area (Å²) in [6.45, 7) is 4.16. The highest BCUT2D eigenvalue weighted by molar-refractivity contribution is 5.79. The molecule has 4 nitrogen and oxygen atoms in total. The molecule has 4 aliphatic carbocycles. The average molecular weight is 369 g/mol. The van der Waals surface area contributed by atoms with Gasteiger partial charge in [-0.1, -0.05) is 30.3 Å². The average Bonchev–Trinajstić information content (AvgIpc) is 2.69. The van der Waals surface area contributed by atoms with Crippen molar-refractivity contribution in [3.05, 3.63) is 35.9 Å². The molecule has 6 rings (SSSR count). The van der Waals surface area contributed by atoms with Crippen molar-refractivity contribution in [1.82, 2.24) is 10.2 Å². The maximum absolute atomic E-state index is 13.2. The Hall–Kier alpha value is -1.39. The van der Waals surface area contributed by atoms with Crippen molar-refractivity contribution in [2.24, 2.45) is 29.6 Å². The largest absolute Gasteiger partial charge is 0.379 e. The molecule has 27 heavy (non-hydrogen) atoms. The Morgan fingerprint density at radius 2 is 1.63 bits per heavy atom. The van der Waals surface area contributed by atoms with Crippen molar-refractivity contribution in [3.8, 4) is 0 Å². The fourth-order valence-corrected chi connectivity index (χ4v) is 6.69. The zero-order valence-electron chi connectivity index (χ0n) is 16.2. The predicted octanol–water partition coefficient (Wildman–Crippen LogP) is 3.25. The predicted molar refractivity (Wildman–Crippen MR) is 105 cm³/mol. The van der Waals surface area contributed by atoms with E-state index < -0.39 is 0 Å². The molecule has 1 N–H and O–H groups in total. The zero-order chi connectivity index (χ0) is 18.2. The minimum atomic E-state index is 0.246. The molecule has 1 amide bonds. The van der Waals surface area contributed by atoms with Crippen LogP contribution in [0.2, 0.25) is 0 Å². The van der Waals surface area contributed by atoms with Crippen LogP contribution in [-0.4, -0.2) is 43.7 Å². The Balaban J connectivity index is 1.27. The lowest BCUT2D eigenvalue weighted by Gasteiger charge is -2.53. The minimum absolute atomic E-state index is 0.246. The number of amides is 1. The third-order valence-electron chi connectivity index (χ3n) is 7.67. The second-order valence-electron chi connectivity index (χ2n) is 9.28. The van der Waals surface area contributed by atoms with Crippen molar-refractivity contribution < 1.29 is 9.53 Å². The molecule has 0 aromatic heterocycles. The topological polar surface area (TPSA) is 41.6 Å². The number of hydrogen-bond acceptors (Lipinski definition) is 3. The molecule has 1 saturated heterocycles. The lowest BCUT2D eigenvalue weighted by molar-refractivity contribution is -0.138. The molecule has 4 saturated carbocycles. The number of benzene rings is 1. The van der Waals surface area contributed by atoms with Gasteiger partial charge < -0.3 is 10.1 Å². The van der Waals surface area contributed by atoms with E-state index >= 15 is 0 Å². The van der Waals surface area contributed by atoms with Crippen LogP contribution >= 0.6 is 0 Å². The molecule has 1 unspecified atom stereocenters. The van der Waals surface area contributed by atoms with E-state index in [4.69, 9.17) is 4.74 Å². The molecule has 1 aromatic carbocycles. The maximum Gasteiger partial charge on any atom is 0.223 e. The van der Waals surface area contributed by atoms with Gasteiger partial charge in [-0.25, -0.2) is 0 Å². The number of rotatable bonds is 5. The summed E-state index contributed by atoms with van der Waals surface area (Å²) in [5, 5.41) is 3.39. The van der Waals surface area contributed by atoms with Gasteiger partial charge in [0.15, 0.2) is 0 Å². The monoisotopic (exact) mass is 368 g/mol. The maximum atomic E-state index is 13.2. The van der Waals surface area contributed by atoms with Crippen LogP contribution in [0.3, 0.4) is 0 Å². The highest BCUT2D eigenvalue weighted by atomic mass is 16.5. The van der Waals surface area contributed by atoms with Crippen LogP contribution in [-0.2, 0) is 9.53 Å². The molecule has 5 aliphatic rings. The Morgan fingerprint density at radius 3 is 2.26 bits per heavy atom. The van der Waals surface area contributed by atoms with Gasteiger partial charge >= 0.3 is 0 Å². The number of carbonyl (C=O) groups excluding carboxylic acids is 1. The van der Waals surface area contributed by atoms with Gasteiger partial charge in [0.2, 0.25) is 5.91 Å². The summed E-state index contributed by atoms with van der Waals surface area (Å²) in [6, 6.07) is 10.9. The van der Waals surface area contributed by atoms with E-state index in [0.717, 1.165) is 38.1 Å². The molecular formula is C23H32N2O2. The zero-order valence-corrected chi connectivity index (χ0v) is 16.2. The van der Waals surface area contributed by atoms with Gasteiger partial charge in [-0.2, -0.15) is 0 Å². The van der Waals surface area contributed by atoms with Gasteiger partial charge in [-0.05, 0) is 61.3 Å². The highest BCUT2D eigenvalue weighted by Crippen LogP contribution is 2.56. The first-order valence-electron chi connectivity index (χ1n) is 10.9. The van der Waals surface area contributed by atoms with Crippen LogP contribution in [0.4, 0.5) is 0 Å². The van der Waals surface area contributed by atoms with Crippen LogP contribution in [0.25, 0.3) is 0 Å². The fourth-order valence-electron chi connectivity index (χ4n) is 6.69. The van der Waals surface area contributed by atoms with Crippen molar-refractivity contribution in [1.29, 1.82) is 0 Å². The Bertz CT molecular complexity index is 628. The molecule has 1 aliphatic heterocycles. The first-order valence-corrected chi connectivity index (χ1v) is 10.9. The third-order valence-corrected chi connectivity index (χ3v) is 7.67. The summed E-state index contributed by atoms with van der Waals surface area (Å²) in [7, 11) is 0. The van der Waals surface area contributed by atoms with Crippen LogP contribution in [0, 0.1) is 29.6 Å². The van der Waals surface area contributed by atoms with E-state index in [9.17, 15) is 4.79 Å². The van der Waals surface area contributed by atoms with Gasteiger partial charge in [-0.3, -0.25) is 9.69 Å². The van der Waals surface area contributed by atoms with Crippen LogP contribution in [0.1, 0.15) is 43.7 Å². The van der Waals surface area contributed by atoms with E-state index in [0.29, 0.717) is 24.3 Å². The molecule has 1 heterocycles. The third kappa shape index (κ3) is 3.54. The van der Waals surface area contributed by atoms with Crippen molar-refractivity contribution >= 4 is 5.91 Å². The summed E-state index contributed by atoms with van der Waals surface area (Å²) < 4.78 is 5.54. The summed E-state index contributed by atoms with van der Waals surface area (Å²) in [6.07, 6.45) is 6.65. The molecule has 1 aromatic rings. The minimum Gasteiger partial charge on any atom is -0.379 e. The molecule has 0 radical (unpaired) electrons. The fraction of sp³-hybridized carbons (Fsp3) is 0.696. The van der Waals surface area contributed by atoms with E-state index in [1.165, 1.54) is 37.7 Å². The Kier molecular flexibility index (Phi) is 4.95. The molecule has 4 heteroatoms. The van der Waals surface area contributed by atoms with Gasteiger partial charge in [0, 0.05) is 25.6 Å². The molecule has 5 fully saturated rings. The quantitative estimate of drug-likeness (QED) is 0.867. The van der Waals surface area contributed by atoms with E-state index in [2.05, 4.69) is 40.5 Å². The van der Waals surface area contributed by atoms with Crippen LogP contribution in [0.5, 0.6) is 0 Å². The molecule has 146 valence electrons.